The number of nitrogens with one attached hydrogen (secondary N) is 1. The summed E-state index contributed by atoms with van der Waals surface area (Å²) in [6.07, 6.45) is 4.96. The molecule has 1 aliphatic rings. The lowest BCUT2D eigenvalue weighted by Crippen LogP contribution is -1.88. The monoisotopic (exact) mass is 432 g/mol. The maximum absolute atomic E-state index is 7.24. The zero-order valence-electron chi connectivity index (χ0n) is 18.4. The van der Waals surface area contributed by atoms with Gasteiger partial charge in [-0.05, 0) is 79.7 Å². The Morgan fingerprint density at radius 1 is 0.588 bits per heavy atom. The molecule has 0 bridgehead atoms. The first-order valence-corrected chi connectivity index (χ1v) is 11.5. The van der Waals surface area contributed by atoms with Gasteiger partial charge in [0.1, 0.15) is 0 Å². The molecule has 6 aromatic rings. The van der Waals surface area contributed by atoms with Crippen molar-refractivity contribution in [2.75, 3.05) is 0 Å². The lowest BCUT2D eigenvalue weighted by Gasteiger charge is -2.10. The second-order valence-electron chi connectivity index (χ2n) is 8.81. The van der Waals surface area contributed by atoms with Crippen molar-refractivity contribution in [2.24, 2.45) is 0 Å². The number of fused-ring (bicyclic) bond motifs is 5. The maximum atomic E-state index is 7.24. The fourth-order valence-electron chi connectivity index (χ4n) is 5.31. The summed E-state index contributed by atoms with van der Waals surface area (Å²) < 4.78 is 0. The van der Waals surface area contributed by atoms with Crippen LogP contribution in [-0.4, -0.2) is 11.2 Å². The molecular formula is C32H20N2. The molecule has 1 heterocycles. The molecule has 1 aromatic heterocycles. The van der Waals surface area contributed by atoms with Crippen LogP contribution in [0.3, 0.4) is 0 Å². The van der Waals surface area contributed by atoms with Gasteiger partial charge in [0.05, 0.1) is 11.2 Å². The van der Waals surface area contributed by atoms with Crippen molar-refractivity contribution in [3.05, 3.63) is 109 Å². The quantitative estimate of drug-likeness (QED) is 0.279. The first-order chi connectivity index (χ1) is 16.8. The molecule has 34 heavy (non-hydrogen) atoms. The Bertz CT molecular complexity index is 1780. The van der Waals surface area contributed by atoms with Gasteiger partial charge in [0.25, 0.3) is 0 Å². The number of hydrogen-bond donors (Lipinski definition) is 1. The number of benzene rings is 5. The molecule has 2 nitrogen and oxygen atoms in total. The van der Waals surface area contributed by atoms with Gasteiger partial charge in [-0.2, -0.15) is 0 Å². The summed E-state index contributed by atoms with van der Waals surface area (Å²) >= 11 is 0. The third-order valence-electron chi connectivity index (χ3n) is 6.88. The number of hydrogen-bond acceptors (Lipinski definition) is 2. The minimum Gasteiger partial charge on any atom is -0.309 e. The van der Waals surface area contributed by atoms with Crippen LogP contribution in [0.4, 0.5) is 0 Å². The number of rotatable bonds is 3. The van der Waals surface area contributed by atoms with Gasteiger partial charge in [-0.3, -0.25) is 0 Å². The van der Waals surface area contributed by atoms with Crippen molar-refractivity contribution in [1.29, 1.82) is 5.41 Å². The van der Waals surface area contributed by atoms with E-state index in [1.807, 2.05) is 6.08 Å². The smallest absolute Gasteiger partial charge is 0.0715 e. The molecule has 0 radical (unpaired) electrons. The van der Waals surface area contributed by atoms with Crippen molar-refractivity contribution in [3.8, 4) is 33.5 Å². The summed E-state index contributed by atoms with van der Waals surface area (Å²) in [6.45, 7) is 0. The van der Waals surface area contributed by atoms with E-state index in [2.05, 4.69) is 97.1 Å². The molecule has 0 unspecified atom stereocenters. The summed E-state index contributed by atoms with van der Waals surface area (Å²) in [4.78, 5) is 5.05. The molecule has 5 aromatic carbocycles. The number of allylic oxidation sites excluding steroid dienone is 1. The molecule has 1 N–H and O–H groups in total. The number of pyridine rings is 1. The average Bonchev–Trinajstić information content (AvgIpc) is 3.20. The molecule has 0 spiro atoms. The SMILES string of the molecule is N=C/C=C\c1ccc2ccc(-c3ccc4c5c(cccc35)-c3cc5ccccc5cc3-4)nc2c1. The van der Waals surface area contributed by atoms with Crippen LogP contribution in [-0.2, 0) is 0 Å². The summed E-state index contributed by atoms with van der Waals surface area (Å²) in [7, 11) is 0. The Kier molecular flexibility index (Phi) is 4.03. The van der Waals surface area contributed by atoms with E-state index >= 15 is 0 Å². The Balaban J connectivity index is 1.45. The van der Waals surface area contributed by atoms with E-state index in [4.69, 9.17) is 10.4 Å². The van der Waals surface area contributed by atoms with Gasteiger partial charge in [-0.25, -0.2) is 4.98 Å². The zero-order chi connectivity index (χ0) is 22.6. The van der Waals surface area contributed by atoms with Gasteiger partial charge < -0.3 is 5.41 Å². The lowest BCUT2D eigenvalue weighted by molar-refractivity contribution is 1.41. The summed E-state index contributed by atoms with van der Waals surface area (Å²) in [5.74, 6) is 0. The van der Waals surface area contributed by atoms with Crippen molar-refractivity contribution in [2.45, 2.75) is 0 Å². The minimum atomic E-state index is 0.961. The normalized spacial score (nSPS) is 12.1. The predicted molar refractivity (Wildman–Crippen MR) is 144 cm³/mol. The highest BCUT2D eigenvalue weighted by atomic mass is 14.7. The molecule has 158 valence electrons. The Morgan fingerprint density at radius 2 is 1.32 bits per heavy atom. The summed E-state index contributed by atoms with van der Waals surface area (Å²) in [6, 6.07) is 34.9. The third-order valence-corrected chi connectivity index (χ3v) is 6.88. The number of aromatic nitrogens is 1. The van der Waals surface area contributed by atoms with Gasteiger partial charge in [-0.15, -0.1) is 0 Å². The average molecular weight is 433 g/mol. The summed E-state index contributed by atoms with van der Waals surface area (Å²) in [5, 5.41) is 13.5. The standard InChI is InChI=1S/C32H20N2/c33-16-4-5-20-10-11-21-12-15-30(34-31(21)17-20)24-13-14-27-29-19-23-7-2-1-6-22(23)18-28(29)26-9-3-8-25(24)32(26)27/h1-19,33H/b5-4-,33-16?. The molecule has 2 heteroatoms. The number of nitrogens with zero attached hydrogens (tertiary/aromatic N) is 1. The van der Waals surface area contributed by atoms with E-state index in [1.165, 1.54) is 50.0 Å². The highest BCUT2D eigenvalue weighted by molar-refractivity contribution is 6.20. The fraction of sp³-hybridized carbons (Fsp3) is 0. The third kappa shape index (κ3) is 2.76. The van der Waals surface area contributed by atoms with Crippen LogP contribution in [0.5, 0.6) is 0 Å². The van der Waals surface area contributed by atoms with E-state index in [9.17, 15) is 0 Å². The van der Waals surface area contributed by atoms with Crippen LogP contribution in [0.15, 0.2) is 103 Å². The topological polar surface area (TPSA) is 36.7 Å². The second-order valence-corrected chi connectivity index (χ2v) is 8.81. The second kappa shape index (κ2) is 7.23. The maximum Gasteiger partial charge on any atom is 0.0715 e. The molecule has 0 saturated heterocycles. The van der Waals surface area contributed by atoms with Gasteiger partial charge in [0.2, 0.25) is 0 Å². The molecule has 1 aliphatic carbocycles. The lowest BCUT2D eigenvalue weighted by atomic mass is 9.96. The van der Waals surface area contributed by atoms with Crippen LogP contribution in [0.2, 0.25) is 0 Å². The van der Waals surface area contributed by atoms with Gasteiger partial charge in [-0.1, -0.05) is 78.9 Å². The van der Waals surface area contributed by atoms with Crippen LogP contribution in [0.25, 0.3) is 72.0 Å². The van der Waals surface area contributed by atoms with Gasteiger partial charge >= 0.3 is 0 Å². The van der Waals surface area contributed by atoms with Crippen molar-refractivity contribution < 1.29 is 0 Å². The molecule has 0 aliphatic heterocycles. The Morgan fingerprint density at radius 3 is 2.12 bits per heavy atom. The molecule has 7 rings (SSSR count). The van der Waals surface area contributed by atoms with Crippen molar-refractivity contribution in [3.63, 3.8) is 0 Å². The van der Waals surface area contributed by atoms with Crippen molar-refractivity contribution >= 4 is 44.7 Å². The molecular weight excluding hydrogens is 412 g/mol. The molecule has 0 amide bonds. The van der Waals surface area contributed by atoms with E-state index in [0.29, 0.717) is 0 Å². The summed E-state index contributed by atoms with van der Waals surface area (Å²) in [5.41, 5.74) is 9.36. The Hall–Kier alpha value is -4.56. The van der Waals surface area contributed by atoms with Crippen LogP contribution < -0.4 is 0 Å². The fourth-order valence-corrected chi connectivity index (χ4v) is 5.31. The van der Waals surface area contributed by atoms with E-state index in [1.54, 1.807) is 6.08 Å². The predicted octanol–water partition coefficient (Wildman–Crippen LogP) is 8.52. The zero-order valence-corrected chi connectivity index (χ0v) is 18.4. The largest absolute Gasteiger partial charge is 0.309 e. The highest BCUT2D eigenvalue weighted by Crippen LogP contribution is 2.50. The highest BCUT2D eigenvalue weighted by Gasteiger charge is 2.23. The first kappa shape index (κ1) is 19.0. The van der Waals surface area contributed by atoms with Gasteiger partial charge in [0.15, 0.2) is 0 Å². The molecule has 0 atom stereocenters. The minimum absolute atomic E-state index is 0.961. The van der Waals surface area contributed by atoms with Crippen molar-refractivity contribution in [1.82, 2.24) is 4.98 Å². The molecule has 0 fully saturated rings. The molecule has 0 saturated carbocycles. The Labute approximate surface area is 197 Å². The van der Waals surface area contributed by atoms with Crippen LogP contribution >= 0.6 is 0 Å². The van der Waals surface area contributed by atoms with Crippen LogP contribution in [0, 0.1) is 5.41 Å². The van der Waals surface area contributed by atoms with Gasteiger partial charge in [0, 0.05) is 17.2 Å². The van der Waals surface area contributed by atoms with E-state index in [-0.39, 0.29) is 0 Å². The van der Waals surface area contributed by atoms with E-state index < -0.39 is 0 Å². The van der Waals surface area contributed by atoms with E-state index in [0.717, 1.165) is 27.7 Å². The van der Waals surface area contributed by atoms with Crippen LogP contribution in [0.1, 0.15) is 5.56 Å². The first-order valence-electron chi connectivity index (χ1n) is 11.5.